The van der Waals surface area contributed by atoms with E-state index in [0.717, 1.165) is 30.0 Å². The van der Waals surface area contributed by atoms with Crippen LogP contribution >= 0.6 is 0 Å². The second-order valence-corrected chi connectivity index (χ2v) is 9.02. The molecule has 0 radical (unpaired) electrons. The molecule has 3 heterocycles. The number of hydrazine groups is 1. The van der Waals surface area contributed by atoms with Crippen LogP contribution in [0.2, 0.25) is 0 Å². The minimum absolute atomic E-state index is 0.0925. The fourth-order valence-corrected chi connectivity index (χ4v) is 5.26. The van der Waals surface area contributed by atoms with Gasteiger partial charge < -0.3 is 20.3 Å². The molecule has 5 rings (SSSR count). The lowest BCUT2D eigenvalue weighted by atomic mass is 9.81. The summed E-state index contributed by atoms with van der Waals surface area (Å²) in [6, 6.07) is 14.3. The van der Waals surface area contributed by atoms with E-state index in [1.54, 1.807) is 16.9 Å². The third-order valence-electron chi connectivity index (χ3n) is 7.11. The van der Waals surface area contributed by atoms with Gasteiger partial charge in [-0.05, 0) is 61.4 Å². The van der Waals surface area contributed by atoms with Gasteiger partial charge in [0.15, 0.2) is 0 Å². The maximum absolute atomic E-state index is 13.7. The van der Waals surface area contributed by atoms with Crippen LogP contribution in [0.3, 0.4) is 0 Å². The van der Waals surface area contributed by atoms with Gasteiger partial charge in [-0.2, -0.15) is 0 Å². The quantitative estimate of drug-likeness (QED) is 0.698. The average Bonchev–Trinajstić information content (AvgIpc) is 3.30. The number of benzene rings is 2. The number of nitrogens with one attached hydrogen (secondary N) is 1. The first kappa shape index (κ1) is 22.2. The van der Waals surface area contributed by atoms with Gasteiger partial charge in [-0.1, -0.05) is 0 Å². The minimum Gasteiger partial charge on any atom is -0.497 e. The molecule has 0 spiro atoms. The molecule has 0 aromatic heterocycles. The number of amides is 3. The fraction of sp³-hybridized carbons (Fsp3) is 0.400. The van der Waals surface area contributed by atoms with E-state index in [4.69, 9.17) is 10.5 Å². The van der Waals surface area contributed by atoms with Crippen LogP contribution in [0, 0.1) is 11.8 Å². The van der Waals surface area contributed by atoms with Crippen molar-refractivity contribution >= 4 is 34.8 Å². The molecule has 3 aliphatic rings. The predicted molar refractivity (Wildman–Crippen MR) is 128 cm³/mol. The number of carbonyl (C=O) groups excluding carboxylic acids is 3. The Hall–Kier alpha value is -3.59. The average molecular weight is 464 g/mol. The van der Waals surface area contributed by atoms with Gasteiger partial charge in [0.05, 0.1) is 18.7 Å². The van der Waals surface area contributed by atoms with Gasteiger partial charge in [-0.15, -0.1) is 0 Å². The van der Waals surface area contributed by atoms with Gasteiger partial charge in [0, 0.05) is 43.3 Å². The lowest BCUT2D eigenvalue weighted by molar-refractivity contribution is -0.128. The highest BCUT2D eigenvalue weighted by Crippen LogP contribution is 2.37. The number of nitrogens with two attached hydrogens (primary N) is 1. The van der Waals surface area contributed by atoms with Crippen molar-refractivity contribution in [3.05, 3.63) is 48.5 Å². The highest BCUT2D eigenvalue weighted by atomic mass is 16.5. The molecule has 0 saturated carbocycles. The Kier molecular flexibility index (Phi) is 5.87. The Labute approximate surface area is 198 Å². The van der Waals surface area contributed by atoms with Gasteiger partial charge in [-0.3, -0.25) is 19.4 Å². The summed E-state index contributed by atoms with van der Waals surface area (Å²) in [7, 11) is 1.60. The number of ether oxygens (including phenoxy) is 1. The second kappa shape index (κ2) is 8.98. The number of fused-ring (bicyclic) bond motifs is 1. The molecule has 0 aliphatic carbocycles. The van der Waals surface area contributed by atoms with Crippen LogP contribution in [-0.4, -0.2) is 50.5 Å². The van der Waals surface area contributed by atoms with Crippen molar-refractivity contribution in [1.29, 1.82) is 0 Å². The van der Waals surface area contributed by atoms with Crippen LogP contribution in [0.1, 0.15) is 19.3 Å². The molecule has 178 valence electrons. The number of piperidine rings is 2. The van der Waals surface area contributed by atoms with Gasteiger partial charge in [0.25, 0.3) is 5.91 Å². The molecule has 2 aromatic carbocycles. The van der Waals surface area contributed by atoms with Gasteiger partial charge >= 0.3 is 0 Å². The molecule has 3 unspecified atom stereocenters. The van der Waals surface area contributed by atoms with Crippen molar-refractivity contribution in [1.82, 2.24) is 5.43 Å². The monoisotopic (exact) mass is 463 g/mol. The largest absolute Gasteiger partial charge is 0.497 e. The van der Waals surface area contributed by atoms with E-state index < -0.39 is 17.9 Å². The van der Waals surface area contributed by atoms with Crippen LogP contribution in [0.5, 0.6) is 5.75 Å². The first-order valence-electron chi connectivity index (χ1n) is 11.7. The Morgan fingerprint density at radius 3 is 2.24 bits per heavy atom. The number of methoxy groups -OCH3 is 1. The zero-order valence-corrected chi connectivity index (χ0v) is 19.1. The summed E-state index contributed by atoms with van der Waals surface area (Å²) in [6.07, 6.45) is 2.46. The lowest BCUT2D eigenvalue weighted by Gasteiger charge is -2.41. The molecule has 3 aliphatic heterocycles. The molecule has 3 fully saturated rings. The molecule has 3 amide bonds. The summed E-state index contributed by atoms with van der Waals surface area (Å²) < 4.78 is 5.24. The number of anilines is 3. The van der Waals surface area contributed by atoms with Crippen molar-refractivity contribution in [2.24, 2.45) is 17.6 Å². The van der Waals surface area contributed by atoms with Crippen molar-refractivity contribution in [2.45, 2.75) is 25.3 Å². The third-order valence-corrected chi connectivity index (χ3v) is 7.11. The molecule has 34 heavy (non-hydrogen) atoms. The summed E-state index contributed by atoms with van der Waals surface area (Å²) in [6.45, 7) is 1.42. The Morgan fingerprint density at radius 2 is 1.62 bits per heavy atom. The number of hydrogen-bond donors (Lipinski definition) is 2. The van der Waals surface area contributed by atoms with E-state index in [2.05, 4.69) is 5.43 Å². The number of nitrogens with zero attached hydrogens (tertiary/aromatic N) is 3. The Bertz CT molecular complexity index is 1090. The summed E-state index contributed by atoms with van der Waals surface area (Å²) in [5, 5.41) is 1.83. The zero-order chi connectivity index (χ0) is 23.8. The number of primary amides is 1. The molecule has 9 heteroatoms. The summed E-state index contributed by atoms with van der Waals surface area (Å²) >= 11 is 0. The fourth-order valence-electron chi connectivity index (χ4n) is 5.26. The second-order valence-electron chi connectivity index (χ2n) is 9.02. The van der Waals surface area contributed by atoms with E-state index in [9.17, 15) is 14.4 Å². The van der Waals surface area contributed by atoms with E-state index in [-0.39, 0.29) is 24.3 Å². The standard InChI is InChI=1S/C25H29N5O4/c1-34-19-11-9-18(10-12-19)30-23-20(14-27-30)21(24(26)32)15-29(25(23)33)17-7-5-16(6-8-17)28-13-3-2-4-22(28)31/h5-12,20-21,23,27H,2-4,13-15H2,1H3,(H2,26,32). The van der Waals surface area contributed by atoms with E-state index in [1.165, 1.54) is 0 Å². The molecule has 3 N–H and O–H groups in total. The number of hydrogen-bond acceptors (Lipinski definition) is 6. The Balaban J connectivity index is 1.43. The predicted octanol–water partition coefficient (Wildman–Crippen LogP) is 1.67. The molecule has 3 atom stereocenters. The van der Waals surface area contributed by atoms with E-state index in [1.807, 2.05) is 53.5 Å². The van der Waals surface area contributed by atoms with Gasteiger partial charge in [0.1, 0.15) is 11.8 Å². The number of rotatable bonds is 5. The molecule has 3 saturated heterocycles. The minimum atomic E-state index is -0.567. The molecular weight excluding hydrogens is 434 g/mol. The lowest BCUT2D eigenvalue weighted by Crippen LogP contribution is -2.59. The van der Waals surface area contributed by atoms with Crippen molar-refractivity contribution < 1.29 is 19.1 Å². The number of carbonyl (C=O) groups is 3. The Morgan fingerprint density at radius 1 is 0.971 bits per heavy atom. The zero-order valence-electron chi connectivity index (χ0n) is 19.1. The summed E-state index contributed by atoms with van der Waals surface area (Å²) in [4.78, 5) is 41.8. The summed E-state index contributed by atoms with van der Waals surface area (Å²) in [5.41, 5.74) is 11.4. The van der Waals surface area contributed by atoms with Crippen LogP contribution in [0.4, 0.5) is 17.1 Å². The topological polar surface area (TPSA) is 108 Å². The highest BCUT2D eigenvalue weighted by molar-refractivity contribution is 6.02. The third kappa shape index (κ3) is 3.86. The first-order valence-corrected chi connectivity index (χ1v) is 11.7. The van der Waals surface area contributed by atoms with Gasteiger partial charge in [0.2, 0.25) is 11.8 Å². The first-order chi connectivity index (χ1) is 16.5. The van der Waals surface area contributed by atoms with Crippen molar-refractivity contribution in [2.75, 3.05) is 41.6 Å². The van der Waals surface area contributed by atoms with Crippen molar-refractivity contribution in [3.63, 3.8) is 0 Å². The SMILES string of the molecule is COc1ccc(N2NCC3C(C(N)=O)CN(c4ccc(N5CCCCC5=O)cc4)C(=O)C32)cc1. The molecular formula is C25H29N5O4. The molecule has 2 aromatic rings. The molecule has 0 bridgehead atoms. The van der Waals surface area contributed by atoms with Crippen LogP contribution in [0.25, 0.3) is 0 Å². The van der Waals surface area contributed by atoms with Crippen LogP contribution in [0.15, 0.2) is 48.5 Å². The van der Waals surface area contributed by atoms with E-state index in [0.29, 0.717) is 25.2 Å². The highest BCUT2D eigenvalue weighted by Gasteiger charge is 2.51. The van der Waals surface area contributed by atoms with Crippen LogP contribution < -0.4 is 30.7 Å². The van der Waals surface area contributed by atoms with Crippen molar-refractivity contribution in [3.8, 4) is 5.75 Å². The van der Waals surface area contributed by atoms with Crippen LogP contribution in [-0.2, 0) is 14.4 Å². The normalized spacial score (nSPS) is 24.9. The van der Waals surface area contributed by atoms with Gasteiger partial charge in [-0.25, -0.2) is 5.43 Å². The van der Waals surface area contributed by atoms with E-state index >= 15 is 0 Å². The maximum Gasteiger partial charge on any atom is 0.251 e. The molecule has 9 nitrogen and oxygen atoms in total. The maximum atomic E-state index is 13.7. The summed E-state index contributed by atoms with van der Waals surface area (Å²) in [5.74, 6) is -0.378. The smallest absolute Gasteiger partial charge is 0.251 e.